The fourth-order valence-corrected chi connectivity index (χ4v) is 2.14. The molecular weight excluding hydrogens is 288 g/mol. The lowest BCUT2D eigenvalue weighted by molar-refractivity contribution is 0.102. The van der Waals surface area contributed by atoms with E-state index in [0.29, 0.717) is 17.2 Å². The third-order valence-electron chi connectivity index (χ3n) is 3.35. The van der Waals surface area contributed by atoms with E-state index in [0.717, 1.165) is 11.3 Å². The third kappa shape index (κ3) is 3.74. The summed E-state index contributed by atoms with van der Waals surface area (Å²) in [6, 6.07) is 20.1. The summed E-state index contributed by atoms with van der Waals surface area (Å²) < 4.78 is 5.65. The molecule has 0 unspecified atom stereocenters. The highest BCUT2D eigenvalue weighted by Gasteiger charge is 2.09. The number of rotatable bonds is 4. The molecule has 23 heavy (non-hydrogen) atoms. The molecule has 1 amide bonds. The zero-order chi connectivity index (χ0) is 16.1. The molecule has 3 aromatic rings. The van der Waals surface area contributed by atoms with Gasteiger partial charge in [-0.25, -0.2) is 4.98 Å². The van der Waals surface area contributed by atoms with Gasteiger partial charge in [0.2, 0.25) is 5.88 Å². The highest BCUT2D eigenvalue weighted by molar-refractivity contribution is 6.04. The number of nitrogens with zero attached hydrogens (tertiary/aromatic N) is 1. The van der Waals surface area contributed by atoms with Crippen LogP contribution in [0, 0.1) is 6.92 Å². The van der Waals surface area contributed by atoms with Crippen LogP contribution in [-0.2, 0) is 0 Å². The van der Waals surface area contributed by atoms with Gasteiger partial charge in [-0.15, -0.1) is 0 Å². The number of hydrogen-bond acceptors (Lipinski definition) is 3. The molecule has 1 heterocycles. The second kappa shape index (κ2) is 6.75. The average molecular weight is 304 g/mol. The van der Waals surface area contributed by atoms with Crippen molar-refractivity contribution in [2.75, 3.05) is 5.32 Å². The predicted octanol–water partition coefficient (Wildman–Crippen LogP) is 4.43. The Labute approximate surface area is 134 Å². The first-order valence-corrected chi connectivity index (χ1v) is 7.28. The smallest absolute Gasteiger partial charge is 0.255 e. The number of aromatic nitrogens is 1. The SMILES string of the molecule is Cc1ccccc1NC(=O)c1cccc(Oc2ccccn2)c1. The minimum absolute atomic E-state index is 0.175. The van der Waals surface area contributed by atoms with Gasteiger partial charge in [0.15, 0.2) is 0 Å². The zero-order valence-corrected chi connectivity index (χ0v) is 12.7. The summed E-state index contributed by atoms with van der Waals surface area (Å²) in [6.07, 6.45) is 1.66. The van der Waals surface area contributed by atoms with Crippen LogP contribution in [0.1, 0.15) is 15.9 Å². The Kier molecular flexibility index (Phi) is 4.34. The van der Waals surface area contributed by atoms with E-state index in [9.17, 15) is 4.79 Å². The maximum absolute atomic E-state index is 12.4. The van der Waals surface area contributed by atoms with Crippen molar-refractivity contribution >= 4 is 11.6 Å². The summed E-state index contributed by atoms with van der Waals surface area (Å²) in [5, 5.41) is 2.91. The van der Waals surface area contributed by atoms with Crippen molar-refractivity contribution < 1.29 is 9.53 Å². The molecule has 0 saturated carbocycles. The Morgan fingerprint density at radius 3 is 2.61 bits per heavy atom. The summed E-state index contributed by atoms with van der Waals surface area (Å²) in [7, 11) is 0. The van der Waals surface area contributed by atoms with Crippen LogP contribution >= 0.6 is 0 Å². The molecule has 114 valence electrons. The van der Waals surface area contributed by atoms with Gasteiger partial charge < -0.3 is 10.1 Å². The molecule has 2 aromatic carbocycles. The minimum atomic E-state index is -0.175. The van der Waals surface area contributed by atoms with Gasteiger partial charge in [0, 0.05) is 23.5 Å². The molecule has 0 aliphatic rings. The van der Waals surface area contributed by atoms with Gasteiger partial charge >= 0.3 is 0 Å². The number of pyridine rings is 1. The molecule has 4 nitrogen and oxygen atoms in total. The molecule has 0 saturated heterocycles. The highest BCUT2D eigenvalue weighted by Crippen LogP contribution is 2.21. The minimum Gasteiger partial charge on any atom is -0.439 e. The molecule has 0 radical (unpaired) electrons. The van der Waals surface area contributed by atoms with Crippen molar-refractivity contribution in [2.24, 2.45) is 0 Å². The first kappa shape index (κ1) is 14.8. The van der Waals surface area contributed by atoms with Gasteiger partial charge in [0.1, 0.15) is 5.75 Å². The van der Waals surface area contributed by atoms with Crippen LogP contribution in [0.3, 0.4) is 0 Å². The Morgan fingerprint density at radius 1 is 1.00 bits per heavy atom. The van der Waals surface area contributed by atoms with Crippen LogP contribution in [-0.4, -0.2) is 10.9 Å². The maximum Gasteiger partial charge on any atom is 0.255 e. The number of benzene rings is 2. The number of nitrogens with one attached hydrogen (secondary N) is 1. The van der Waals surface area contributed by atoms with Crippen LogP contribution in [0.5, 0.6) is 11.6 Å². The van der Waals surface area contributed by atoms with E-state index in [1.807, 2.05) is 43.3 Å². The van der Waals surface area contributed by atoms with Crippen LogP contribution < -0.4 is 10.1 Å². The fourth-order valence-electron chi connectivity index (χ4n) is 2.14. The third-order valence-corrected chi connectivity index (χ3v) is 3.35. The van der Waals surface area contributed by atoms with Gasteiger partial charge in [0.25, 0.3) is 5.91 Å². The number of amides is 1. The number of carbonyl (C=O) groups is 1. The molecule has 4 heteroatoms. The average Bonchev–Trinajstić information content (AvgIpc) is 2.58. The lowest BCUT2D eigenvalue weighted by Gasteiger charge is -2.09. The molecule has 0 atom stereocenters. The van der Waals surface area contributed by atoms with Gasteiger partial charge in [0.05, 0.1) is 0 Å². The van der Waals surface area contributed by atoms with Crippen molar-refractivity contribution in [3.05, 3.63) is 84.1 Å². The van der Waals surface area contributed by atoms with Crippen molar-refractivity contribution in [2.45, 2.75) is 6.92 Å². The number of carbonyl (C=O) groups excluding carboxylic acids is 1. The molecule has 3 rings (SSSR count). The van der Waals surface area contributed by atoms with E-state index in [4.69, 9.17) is 4.74 Å². The van der Waals surface area contributed by atoms with E-state index < -0.39 is 0 Å². The van der Waals surface area contributed by atoms with Crippen molar-refractivity contribution in [3.63, 3.8) is 0 Å². The van der Waals surface area contributed by atoms with Crippen molar-refractivity contribution in [1.82, 2.24) is 4.98 Å². The summed E-state index contributed by atoms with van der Waals surface area (Å²) in [5.41, 5.74) is 2.34. The molecule has 0 bridgehead atoms. The van der Waals surface area contributed by atoms with Crippen LogP contribution in [0.25, 0.3) is 0 Å². The topological polar surface area (TPSA) is 51.2 Å². The summed E-state index contributed by atoms with van der Waals surface area (Å²) in [4.78, 5) is 16.5. The number of anilines is 1. The zero-order valence-electron chi connectivity index (χ0n) is 12.7. The van der Waals surface area contributed by atoms with E-state index in [1.165, 1.54) is 0 Å². The first-order chi connectivity index (χ1) is 11.2. The lowest BCUT2D eigenvalue weighted by atomic mass is 10.1. The quantitative estimate of drug-likeness (QED) is 0.775. The fraction of sp³-hybridized carbons (Fsp3) is 0.0526. The largest absolute Gasteiger partial charge is 0.439 e. The summed E-state index contributed by atoms with van der Waals surface area (Å²) in [6.45, 7) is 1.95. The molecule has 0 aliphatic carbocycles. The molecule has 0 spiro atoms. The predicted molar refractivity (Wildman–Crippen MR) is 89.9 cm³/mol. The lowest BCUT2D eigenvalue weighted by Crippen LogP contribution is -2.12. The number of para-hydroxylation sites is 1. The normalized spacial score (nSPS) is 10.1. The van der Waals surface area contributed by atoms with Crippen molar-refractivity contribution in [1.29, 1.82) is 0 Å². The number of aryl methyl sites for hydroxylation is 1. The van der Waals surface area contributed by atoms with E-state index in [1.54, 1.807) is 36.5 Å². The first-order valence-electron chi connectivity index (χ1n) is 7.28. The summed E-state index contributed by atoms with van der Waals surface area (Å²) in [5.74, 6) is 0.885. The maximum atomic E-state index is 12.4. The second-order valence-electron chi connectivity index (χ2n) is 5.07. The van der Waals surface area contributed by atoms with E-state index in [-0.39, 0.29) is 5.91 Å². The van der Waals surface area contributed by atoms with Gasteiger partial charge in [-0.2, -0.15) is 0 Å². The van der Waals surface area contributed by atoms with E-state index in [2.05, 4.69) is 10.3 Å². The number of hydrogen-bond donors (Lipinski definition) is 1. The molecule has 0 fully saturated rings. The Bertz CT molecular complexity index is 816. The molecule has 1 aromatic heterocycles. The highest BCUT2D eigenvalue weighted by atomic mass is 16.5. The van der Waals surface area contributed by atoms with Crippen LogP contribution in [0.2, 0.25) is 0 Å². The van der Waals surface area contributed by atoms with Gasteiger partial charge in [-0.3, -0.25) is 4.79 Å². The summed E-state index contributed by atoms with van der Waals surface area (Å²) >= 11 is 0. The van der Waals surface area contributed by atoms with E-state index >= 15 is 0 Å². The standard InChI is InChI=1S/C19H16N2O2/c1-14-7-2-3-10-17(14)21-19(22)15-8-6-9-16(13-15)23-18-11-4-5-12-20-18/h2-13H,1H3,(H,21,22). The van der Waals surface area contributed by atoms with Crippen LogP contribution in [0.4, 0.5) is 5.69 Å². The number of ether oxygens (including phenoxy) is 1. The molecular formula is C19H16N2O2. The Hall–Kier alpha value is -3.14. The molecule has 1 N–H and O–H groups in total. The van der Waals surface area contributed by atoms with Crippen molar-refractivity contribution in [3.8, 4) is 11.6 Å². The molecule has 0 aliphatic heterocycles. The monoisotopic (exact) mass is 304 g/mol. The second-order valence-corrected chi connectivity index (χ2v) is 5.07. The van der Waals surface area contributed by atoms with Gasteiger partial charge in [-0.1, -0.05) is 30.3 Å². The van der Waals surface area contributed by atoms with Crippen LogP contribution in [0.15, 0.2) is 72.9 Å². The Balaban J connectivity index is 1.77. The Morgan fingerprint density at radius 2 is 1.83 bits per heavy atom. The van der Waals surface area contributed by atoms with Gasteiger partial charge in [-0.05, 0) is 42.8 Å².